The molecule has 2 aromatic rings. The number of rotatable bonds is 7. The summed E-state index contributed by atoms with van der Waals surface area (Å²) in [6, 6.07) is 7.96. The predicted molar refractivity (Wildman–Crippen MR) is 117 cm³/mol. The summed E-state index contributed by atoms with van der Waals surface area (Å²) in [5, 5.41) is 6.57. The van der Waals surface area contributed by atoms with Crippen molar-refractivity contribution in [1.29, 1.82) is 0 Å². The molecular formula is C23H31N3O4. The SMILES string of the molecule is Cc1oncc1NC(=O)N1CC/C(=C\c2cccc(OCCOC(C)C)c2)C(C)C1. The molecule has 7 heteroatoms. The number of carbonyl (C=O) groups excluding carboxylic acids is 1. The summed E-state index contributed by atoms with van der Waals surface area (Å²) in [6.07, 6.45) is 4.78. The van der Waals surface area contributed by atoms with Crippen molar-refractivity contribution >= 4 is 17.8 Å². The molecule has 1 saturated heterocycles. The summed E-state index contributed by atoms with van der Waals surface area (Å²) >= 11 is 0. The van der Waals surface area contributed by atoms with Crippen molar-refractivity contribution in [3.05, 3.63) is 47.4 Å². The maximum Gasteiger partial charge on any atom is 0.322 e. The zero-order chi connectivity index (χ0) is 21.5. The first-order chi connectivity index (χ1) is 14.4. The van der Waals surface area contributed by atoms with Gasteiger partial charge in [-0.15, -0.1) is 0 Å². The fraction of sp³-hybridized carbons (Fsp3) is 0.478. The number of ether oxygens (including phenoxy) is 2. The average Bonchev–Trinajstić information content (AvgIpc) is 3.11. The standard InChI is InChI=1S/C23H31N3O4/c1-16(2)28-10-11-29-21-7-5-6-19(13-21)12-20-8-9-26(15-17(20)3)23(27)25-22-14-24-30-18(22)4/h5-7,12-14,16-17H,8-11,15H2,1-4H3,(H,25,27)/b20-12+. The van der Waals surface area contributed by atoms with Crippen LogP contribution in [0.1, 0.15) is 38.5 Å². The zero-order valence-corrected chi connectivity index (χ0v) is 18.2. The van der Waals surface area contributed by atoms with Crippen LogP contribution in [0.3, 0.4) is 0 Å². The van der Waals surface area contributed by atoms with Crippen LogP contribution < -0.4 is 10.1 Å². The molecule has 30 heavy (non-hydrogen) atoms. The van der Waals surface area contributed by atoms with Crippen LogP contribution in [0, 0.1) is 12.8 Å². The number of carbonyl (C=O) groups is 1. The maximum absolute atomic E-state index is 12.5. The lowest BCUT2D eigenvalue weighted by molar-refractivity contribution is 0.0552. The Morgan fingerprint density at radius 3 is 2.93 bits per heavy atom. The van der Waals surface area contributed by atoms with Gasteiger partial charge in [0.25, 0.3) is 0 Å². The minimum absolute atomic E-state index is 0.119. The molecule has 2 amide bonds. The molecule has 1 aromatic heterocycles. The molecule has 3 rings (SSSR count). The molecular weight excluding hydrogens is 382 g/mol. The molecule has 1 atom stereocenters. The van der Waals surface area contributed by atoms with Crippen LogP contribution in [-0.4, -0.2) is 48.5 Å². The largest absolute Gasteiger partial charge is 0.491 e. The Morgan fingerprint density at radius 1 is 1.40 bits per heavy atom. The van der Waals surface area contributed by atoms with Crippen LogP contribution in [0.25, 0.3) is 6.08 Å². The molecule has 1 aromatic carbocycles. The van der Waals surface area contributed by atoms with Gasteiger partial charge >= 0.3 is 6.03 Å². The second-order valence-electron chi connectivity index (χ2n) is 7.88. The van der Waals surface area contributed by atoms with Gasteiger partial charge in [0.15, 0.2) is 5.76 Å². The van der Waals surface area contributed by atoms with Gasteiger partial charge in [-0.3, -0.25) is 0 Å². The number of piperidine rings is 1. The Kier molecular flexibility index (Phi) is 7.52. The second kappa shape index (κ2) is 10.3. The van der Waals surface area contributed by atoms with Gasteiger partial charge in [0, 0.05) is 13.1 Å². The fourth-order valence-corrected chi connectivity index (χ4v) is 3.41. The van der Waals surface area contributed by atoms with Crippen molar-refractivity contribution in [1.82, 2.24) is 10.1 Å². The topological polar surface area (TPSA) is 76.8 Å². The summed E-state index contributed by atoms with van der Waals surface area (Å²) < 4.78 is 16.3. The minimum atomic E-state index is -0.119. The van der Waals surface area contributed by atoms with Gasteiger partial charge in [-0.05, 0) is 50.8 Å². The van der Waals surface area contributed by atoms with E-state index in [0.29, 0.717) is 37.8 Å². The van der Waals surface area contributed by atoms with Crippen molar-refractivity contribution in [2.75, 3.05) is 31.6 Å². The summed E-state index contributed by atoms with van der Waals surface area (Å²) in [4.78, 5) is 14.4. The number of anilines is 1. The van der Waals surface area contributed by atoms with Crippen molar-refractivity contribution in [3.63, 3.8) is 0 Å². The van der Waals surface area contributed by atoms with Gasteiger partial charge < -0.3 is 24.2 Å². The van der Waals surface area contributed by atoms with Crippen molar-refractivity contribution in [2.24, 2.45) is 5.92 Å². The zero-order valence-electron chi connectivity index (χ0n) is 18.2. The monoisotopic (exact) mass is 413 g/mol. The van der Waals surface area contributed by atoms with Crippen LogP contribution in [-0.2, 0) is 4.74 Å². The van der Waals surface area contributed by atoms with Crippen molar-refractivity contribution in [2.45, 2.75) is 40.2 Å². The van der Waals surface area contributed by atoms with E-state index in [9.17, 15) is 4.79 Å². The smallest absolute Gasteiger partial charge is 0.322 e. The molecule has 0 spiro atoms. The highest BCUT2D eigenvalue weighted by Crippen LogP contribution is 2.27. The van der Waals surface area contributed by atoms with Gasteiger partial charge in [0.1, 0.15) is 18.0 Å². The summed E-state index contributed by atoms with van der Waals surface area (Å²) in [5.41, 5.74) is 3.06. The van der Waals surface area contributed by atoms with E-state index in [0.717, 1.165) is 17.7 Å². The number of amides is 2. The van der Waals surface area contributed by atoms with Gasteiger partial charge in [0.05, 0.1) is 18.9 Å². The number of hydrogen-bond donors (Lipinski definition) is 1. The molecule has 1 aliphatic rings. The Hall–Kier alpha value is -2.80. The third-order valence-electron chi connectivity index (χ3n) is 5.09. The van der Waals surface area contributed by atoms with Gasteiger partial charge in [-0.25, -0.2) is 4.79 Å². The van der Waals surface area contributed by atoms with E-state index >= 15 is 0 Å². The Morgan fingerprint density at radius 2 is 2.23 bits per heavy atom. The first-order valence-corrected chi connectivity index (χ1v) is 10.4. The number of likely N-dealkylation sites (tertiary alicyclic amines) is 1. The van der Waals surface area contributed by atoms with E-state index in [1.54, 1.807) is 6.92 Å². The average molecular weight is 414 g/mol. The number of aryl methyl sites for hydroxylation is 1. The molecule has 0 radical (unpaired) electrons. The summed E-state index contributed by atoms with van der Waals surface area (Å²) in [6.45, 7) is 10.4. The lowest BCUT2D eigenvalue weighted by atomic mass is 9.91. The van der Waals surface area contributed by atoms with E-state index in [1.165, 1.54) is 11.8 Å². The van der Waals surface area contributed by atoms with E-state index in [1.807, 2.05) is 36.9 Å². The summed E-state index contributed by atoms with van der Waals surface area (Å²) in [5.74, 6) is 1.72. The van der Waals surface area contributed by atoms with Gasteiger partial charge in [-0.2, -0.15) is 0 Å². The van der Waals surface area contributed by atoms with Crippen LogP contribution >= 0.6 is 0 Å². The van der Waals surface area contributed by atoms with E-state index in [4.69, 9.17) is 14.0 Å². The highest BCUT2D eigenvalue weighted by molar-refractivity contribution is 5.89. The highest BCUT2D eigenvalue weighted by atomic mass is 16.5. The highest BCUT2D eigenvalue weighted by Gasteiger charge is 2.25. The molecule has 162 valence electrons. The van der Waals surface area contributed by atoms with Crippen molar-refractivity contribution in [3.8, 4) is 5.75 Å². The third-order valence-corrected chi connectivity index (χ3v) is 5.09. The lowest BCUT2D eigenvalue weighted by Crippen LogP contribution is -2.42. The van der Waals surface area contributed by atoms with Gasteiger partial charge in [0.2, 0.25) is 0 Å². The molecule has 2 heterocycles. The number of nitrogens with zero attached hydrogens (tertiary/aromatic N) is 2. The number of hydrogen-bond acceptors (Lipinski definition) is 5. The number of nitrogens with one attached hydrogen (secondary N) is 1. The molecule has 1 unspecified atom stereocenters. The molecule has 0 aliphatic carbocycles. The normalized spacial score (nSPS) is 18.1. The lowest BCUT2D eigenvalue weighted by Gasteiger charge is -2.33. The van der Waals surface area contributed by atoms with Crippen LogP contribution in [0.5, 0.6) is 5.75 Å². The maximum atomic E-state index is 12.5. The second-order valence-corrected chi connectivity index (χ2v) is 7.88. The molecule has 0 bridgehead atoms. The van der Waals surface area contributed by atoms with Crippen molar-refractivity contribution < 1.29 is 18.8 Å². The minimum Gasteiger partial charge on any atom is -0.491 e. The fourth-order valence-electron chi connectivity index (χ4n) is 3.41. The van der Waals surface area contributed by atoms with Gasteiger partial charge in [-0.1, -0.05) is 35.9 Å². The Balaban J connectivity index is 1.55. The first kappa shape index (κ1) is 21.9. The van der Waals surface area contributed by atoms with E-state index in [-0.39, 0.29) is 18.1 Å². The molecule has 1 fully saturated rings. The summed E-state index contributed by atoms with van der Waals surface area (Å²) in [7, 11) is 0. The number of aromatic nitrogens is 1. The molecule has 1 N–H and O–H groups in total. The molecule has 0 saturated carbocycles. The van der Waals surface area contributed by atoms with Crippen LogP contribution in [0.2, 0.25) is 0 Å². The molecule has 1 aliphatic heterocycles. The van der Waals surface area contributed by atoms with E-state index < -0.39 is 0 Å². The number of urea groups is 1. The van der Waals surface area contributed by atoms with Crippen LogP contribution in [0.15, 0.2) is 40.6 Å². The Labute approximate surface area is 178 Å². The Bertz CT molecular complexity index is 875. The first-order valence-electron chi connectivity index (χ1n) is 10.4. The van der Waals surface area contributed by atoms with E-state index in [2.05, 4.69) is 29.5 Å². The quantitative estimate of drug-likeness (QED) is 0.663. The van der Waals surface area contributed by atoms with Crippen LogP contribution in [0.4, 0.5) is 10.5 Å². The number of benzene rings is 1. The predicted octanol–water partition coefficient (Wildman–Crippen LogP) is 4.74. The molecule has 7 nitrogen and oxygen atoms in total. The third kappa shape index (κ3) is 6.10.